The van der Waals surface area contributed by atoms with Crippen LogP contribution in [0.15, 0.2) is 56.6 Å². The van der Waals surface area contributed by atoms with E-state index in [0.29, 0.717) is 30.0 Å². The van der Waals surface area contributed by atoms with Crippen molar-refractivity contribution in [1.82, 2.24) is 8.87 Å². The summed E-state index contributed by atoms with van der Waals surface area (Å²) in [5.41, 5.74) is 1.03. The zero-order valence-corrected chi connectivity index (χ0v) is 19.6. The highest BCUT2D eigenvalue weighted by atomic mass is 32.2. The quantitative estimate of drug-likeness (QED) is 0.589. The molecule has 0 bridgehead atoms. The summed E-state index contributed by atoms with van der Waals surface area (Å²) in [7, 11) is -2.17. The number of methoxy groups -OCH3 is 1. The molecule has 1 aliphatic rings. The molecule has 3 aromatic rings. The monoisotopic (exact) mass is 473 g/mol. The Kier molecular flexibility index (Phi) is 6.31. The van der Waals surface area contributed by atoms with Gasteiger partial charge in [-0.1, -0.05) is 13.8 Å². The molecule has 0 saturated carbocycles. The predicted octanol–water partition coefficient (Wildman–Crippen LogP) is 2.91. The van der Waals surface area contributed by atoms with Crippen LogP contribution in [0.2, 0.25) is 0 Å². The van der Waals surface area contributed by atoms with Crippen LogP contribution in [-0.2, 0) is 21.4 Å². The number of carbonyl (C=O) groups excluding carboxylic acids is 1. The van der Waals surface area contributed by atoms with E-state index in [1.54, 1.807) is 31.4 Å². The number of fused-ring (bicyclic) bond motifs is 1. The molecule has 4 rings (SSSR count). The second-order valence-electron chi connectivity index (χ2n) is 8.63. The molecular formula is C23H27N3O6S. The summed E-state index contributed by atoms with van der Waals surface area (Å²) >= 11 is 0. The lowest BCUT2D eigenvalue weighted by molar-refractivity contribution is -0.116. The minimum atomic E-state index is -3.72. The molecule has 1 amide bonds. The number of benzene rings is 2. The van der Waals surface area contributed by atoms with E-state index in [9.17, 15) is 18.0 Å². The SMILES string of the molecule is COc1ccc(NC(=O)Cn2c(=O)oc3cc(S(=O)(=O)N4C[C@H](C)C[C@@H](C)C4)ccc32)cc1. The molecule has 1 saturated heterocycles. The summed E-state index contributed by atoms with van der Waals surface area (Å²) in [6, 6.07) is 11.1. The molecule has 33 heavy (non-hydrogen) atoms. The van der Waals surface area contributed by atoms with Gasteiger partial charge < -0.3 is 14.5 Å². The lowest BCUT2D eigenvalue weighted by atomic mass is 9.94. The summed E-state index contributed by atoms with van der Waals surface area (Å²) in [6.45, 7) is 4.72. The average Bonchev–Trinajstić information content (AvgIpc) is 3.07. The van der Waals surface area contributed by atoms with Gasteiger partial charge in [0, 0.05) is 24.8 Å². The number of carbonyl (C=O) groups is 1. The molecule has 0 radical (unpaired) electrons. The van der Waals surface area contributed by atoms with Crippen molar-refractivity contribution in [2.75, 3.05) is 25.5 Å². The van der Waals surface area contributed by atoms with Gasteiger partial charge in [0.15, 0.2) is 5.58 Å². The van der Waals surface area contributed by atoms with Gasteiger partial charge in [-0.25, -0.2) is 13.2 Å². The second-order valence-corrected chi connectivity index (χ2v) is 10.6. The Balaban J connectivity index is 1.56. The minimum Gasteiger partial charge on any atom is -0.497 e. The van der Waals surface area contributed by atoms with E-state index >= 15 is 0 Å². The van der Waals surface area contributed by atoms with Crippen LogP contribution in [0.25, 0.3) is 11.1 Å². The maximum absolute atomic E-state index is 13.2. The maximum atomic E-state index is 13.2. The Morgan fingerprint density at radius 2 is 1.79 bits per heavy atom. The molecule has 1 N–H and O–H groups in total. The van der Waals surface area contributed by atoms with Crippen molar-refractivity contribution in [3.63, 3.8) is 0 Å². The second kappa shape index (κ2) is 9.03. The number of nitrogens with zero attached hydrogens (tertiary/aromatic N) is 2. The Bertz CT molecular complexity index is 1320. The first-order valence-corrected chi connectivity index (χ1v) is 12.2. The van der Waals surface area contributed by atoms with E-state index in [4.69, 9.17) is 9.15 Å². The summed E-state index contributed by atoms with van der Waals surface area (Å²) < 4.78 is 39.4. The van der Waals surface area contributed by atoms with Crippen molar-refractivity contribution < 1.29 is 22.4 Å². The fourth-order valence-electron chi connectivity index (χ4n) is 4.33. The van der Waals surface area contributed by atoms with Crippen LogP contribution in [0.4, 0.5) is 5.69 Å². The molecule has 10 heteroatoms. The Morgan fingerprint density at radius 1 is 1.12 bits per heavy atom. The lowest BCUT2D eigenvalue weighted by Gasteiger charge is -2.34. The topological polar surface area (TPSA) is 111 Å². The normalized spacial score (nSPS) is 19.5. The van der Waals surface area contributed by atoms with Crippen LogP contribution in [0.1, 0.15) is 20.3 Å². The largest absolute Gasteiger partial charge is 0.497 e. The molecular weight excluding hydrogens is 446 g/mol. The average molecular weight is 474 g/mol. The maximum Gasteiger partial charge on any atom is 0.420 e. The van der Waals surface area contributed by atoms with E-state index in [1.165, 1.54) is 27.1 Å². The van der Waals surface area contributed by atoms with Gasteiger partial charge in [0.25, 0.3) is 0 Å². The summed E-state index contributed by atoms with van der Waals surface area (Å²) in [5.74, 6) is 0.0536. The highest BCUT2D eigenvalue weighted by Crippen LogP contribution is 2.28. The third-order valence-electron chi connectivity index (χ3n) is 5.79. The molecule has 9 nitrogen and oxygen atoms in total. The van der Waals surface area contributed by atoms with Crippen LogP contribution in [-0.4, -0.2) is 43.4 Å². The fraction of sp³-hybridized carbons (Fsp3) is 0.391. The molecule has 0 aliphatic carbocycles. The van der Waals surface area contributed by atoms with Crippen molar-refractivity contribution in [1.29, 1.82) is 0 Å². The summed E-state index contributed by atoms with van der Waals surface area (Å²) in [5, 5.41) is 2.71. The highest BCUT2D eigenvalue weighted by molar-refractivity contribution is 7.89. The first-order valence-electron chi connectivity index (χ1n) is 10.7. The Morgan fingerprint density at radius 3 is 2.42 bits per heavy atom. The van der Waals surface area contributed by atoms with Crippen molar-refractivity contribution in [3.8, 4) is 5.75 Å². The summed E-state index contributed by atoms with van der Waals surface area (Å²) in [6.07, 6.45) is 0.987. The van der Waals surface area contributed by atoms with Crippen molar-refractivity contribution >= 4 is 32.7 Å². The zero-order chi connectivity index (χ0) is 23.8. The van der Waals surface area contributed by atoms with Gasteiger partial charge in [-0.3, -0.25) is 9.36 Å². The number of oxazole rings is 1. The van der Waals surface area contributed by atoms with Crippen molar-refractivity contribution in [2.24, 2.45) is 11.8 Å². The zero-order valence-electron chi connectivity index (χ0n) is 18.8. The molecule has 1 aliphatic heterocycles. The van der Waals surface area contributed by atoms with Gasteiger partial charge in [0.2, 0.25) is 15.9 Å². The number of sulfonamides is 1. The molecule has 1 fully saturated rings. The van der Waals surface area contributed by atoms with Crippen LogP contribution >= 0.6 is 0 Å². The fourth-order valence-corrected chi connectivity index (χ4v) is 6.02. The van der Waals surface area contributed by atoms with Gasteiger partial charge in [0.05, 0.1) is 17.5 Å². The number of anilines is 1. The van der Waals surface area contributed by atoms with Crippen molar-refractivity contribution in [2.45, 2.75) is 31.7 Å². The number of nitrogens with one attached hydrogen (secondary N) is 1. The van der Waals surface area contributed by atoms with Crippen LogP contribution in [0.3, 0.4) is 0 Å². The number of ether oxygens (including phenoxy) is 1. The van der Waals surface area contributed by atoms with E-state index in [2.05, 4.69) is 5.32 Å². The van der Waals surface area contributed by atoms with Crippen LogP contribution < -0.4 is 15.8 Å². The molecule has 1 aromatic heterocycles. The van der Waals surface area contributed by atoms with E-state index in [-0.39, 0.29) is 28.9 Å². The number of rotatable bonds is 6. The van der Waals surface area contributed by atoms with Gasteiger partial charge in [-0.05, 0) is 54.7 Å². The highest BCUT2D eigenvalue weighted by Gasteiger charge is 2.32. The van der Waals surface area contributed by atoms with Gasteiger partial charge in [0.1, 0.15) is 12.3 Å². The van der Waals surface area contributed by atoms with Gasteiger partial charge in [-0.15, -0.1) is 0 Å². The van der Waals surface area contributed by atoms with Crippen LogP contribution in [0, 0.1) is 11.8 Å². The molecule has 0 unspecified atom stereocenters. The third-order valence-corrected chi connectivity index (χ3v) is 7.62. The lowest BCUT2D eigenvalue weighted by Crippen LogP contribution is -2.42. The van der Waals surface area contributed by atoms with Crippen LogP contribution in [0.5, 0.6) is 5.75 Å². The molecule has 176 valence electrons. The minimum absolute atomic E-state index is 0.0693. The number of aromatic nitrogens is 1. The smallest absolute Gasteiger partial charge is 0.420 e. The van der Waals surface area contributed by atoms with Gasteiger partial charge >= 0.3 is 5.76 Å². The standard InChI is InChI=1S/C23H27N3O6S/c1-15-10-16(2)13-25(12-15)33(29,30)19-8-9-20-21(11-19)32-23(28)26(20)14-22(27)24-17-4-6-18(31-3)7-5-17/h4-9,11,15-16H,10,12-14H2,1-3H3,(H,24,27)/t15-,16-/m1/s1. The third kappa shape index (κ3) is 4.81. The first-order chi connectivity index (χ1) is 15.7. The van der Waals surface area contributed by atoms with E-state index in [1.807, 2.05) is 13.8 Å². The van der Waals surface area contributed by atoms with E-state index < -0.39 is 21.7 Å². The predicted molar refractivity (Wildman–Crippen MR) is 124 cm³/mol. The van der Waals surface area contributed by atoms with E-state index in [0.717, 1.165) is 6.42 Å². The molecule has 2 heterocycles. The number of hydrogen-bond donors (Lipinski definition) is 1. The molecule has 2 aromatic carbocycles. The van der Waals surface area contributed by atoms with Crippen molar-refractivity contribution in [3.05, 3.63) is 53.0 Å². The molecule has 0 spiro atoms. The number of amides is 1. The Hall–Kier alpha value is -3.11. The number of piperidine rings is 1. The Labute approximate surface area is 192 Å². The molecule has 2 atom stereocenters. The first kappa shape index (κ1) is 23.1. The van der Waals surface area contributed by atoms with Gasteiger partial charge in [-0.2, -0.15) is 4.31 Å². The summed E-state index contributed by atoms with van der Waals surface area (Å²) in [4.78, 5) is 24.9. The number of hydrogen-bond acceptors (Lipinski definition) is 6.